The van der Waals surface area contributed by atoms with Crippen LogP contribution in [0.2, 0.25) is 0 Å². The third-order valence-corrected chi connectivity index (χ3v) is 2.47. The van der Waals surface area contributed by atoms with Crippen LogP contribution in [0.4, 0.5) is 8.78 Å². The van der Waals surface area contributed by atoms with Crippen molar-refractivity contribution in [2.75, 3.05) is 0 Å². The van der Waals surface area contributed by atoms with Crippen LogP contribution in [0.25, 0.3) is 10.8 Å². The molecular formula is C13H12F2. The first-order valence-electron chi connectivity index (χ1n) is 5.01. The van der Waals surface area contributed by atoms with Crippen molar-refractivity contribution in [2.45, 2.75) is 19.3 Å². The third-order valence-electron chi connectivity index (χ3n) is 2.47. The SMILES string of the molecule is FC(F)CCc1ccc2ccccc2c1. The van der Waals surface area contributed by atoms with E-state index in [4.69, 9.17) is 0 Å². The normalized spacial score (nSPS) is 11.1. The van der Waals surface area contributed by atoms with Gasteiger partial charge >= 0.3 is 0 Å². The summed E-state index contributed by atoms with van der Waals surface area (Å²) in [4.78, 5) is 0. The van der Waals surface area contributed by atoms with Gasteiger partial charge in [0.05, 0.1) is 0 Å². The summed E-state index contributed by atoms with van der Waals surface area (Å²) in [5, 5.41) is 2.27. The molecule has 0 saturated heterocycles. The molecule has 0 spiro atoms. The zero-order valence-corrected chi connectivity index (χ0v) is 8.29. The van der Waals surface area contributed by atoms with E-state index in [1.54, 1.807) is 0 Å². The molecular weight excluding hydrogens is 194 g/mol. The van der Waals surface area contributed by atoms with E-state index in [-0.39, 0.29) is 6.42 Å². The molecule has 0 radical (unpaired) electrons. The Bertz CT molecular complexity index is 449. The molecule has 0 aliphatic heterocycles. The highest BCUT2D eigenvalue weighted by Gasteiger charge is 2.03. The van der Waals surface area contributed by atoms with Gasteiger partial charge in [0.2, 0.25) is 6.43 Å². The van der Waals surface area contributed by atoms with Gasteiger partial charge in [0.25, 0.3) is 0 Å². The minimum Gasteiger partial charge on any atom is -0.211 e. The van der Waals surface area contributed by atoms with Gasteiger partial charge in [-0.1, -0.05) is 42.5 Å². The lowest BCUT2D eigenvalue weighted by molar-refractivity contribution is 0.138. The number of fused-ring (bicyclic) bond motifs is 1. The van der Waals surface area contributed by atoms with Crippen molar-refractivity contribution in [3.63, 3.8) is 0 Å². The maximum absolute atomic E-state index is 12.0. The van der Waals surface area contributed by atoms with Crippen LogP contribution in [0.3, 0.4) is 0 Å². The van der Waals surface area contributed by atoms with Crippen molar-refractivity contribution in [2.24, 2.45) is 0 Å². The zero-order chi connectivity index (χ0) is 10.7. The molecule has 0 aliphatic carbocycles. The number of aryl methyl sites for hydroxylation is 1. The minimum atomic E-state index is -2.21. The molecule has 15 heavy (non-hydrogen) atoms. The quantitative estimate of drug-likeness (QED) is 0.711. The van der Waals surface area contributed by atoms with E-state index in [1.165, 1.54) is 0 Å². The fourth-order valence-electron chi connectivity index (χ4n) is 1.67. The molecule has 0 aromatic heterocycles. The standard InChI is InChI=1S/C13H12F2/c14-13(15)8-6-10-5-7-11-3-1-2-4-12(11)9-10/h1-5,7,9,13H,6,8H2. The molecule has 0 aliphatic rings. The van der Waals surface area contributed by atoms with Crippen LogP contribution in [0.5, 0.6) is 0 Å². The molecule has 2 heteroatoms. The maximum Gasteiger partial charge on any atom is 0.239 e. The van der Waals surface area contributed by atoms with E-state index in [0.29, 0.717) is 6.42 Å². The maximum atomic E-state index is 12.0. The summed E-state index contributed by atoms with van der Waals surface area (Å²) in [6, 6.07) is 13.8. The first kappa shape index (κ1) is 10.1. The van der Waals surface area contributed by atoms with Crippen molar-refractivity contribution in [1.29, 1.82) is 0 Å². The first-order valence-corrected chi connectivity index (χ1v) is 5.01. The predicted molar refractivity (Wildman–Crippen MR) is 58.3 cm³/mol. The van der Waals surface area contributed by atoms with Crippen LogP contribution >= 0.6 is 0 Å². The molecule has 0 heterocycles. The molecule has 0 atom stereocenters. The van der Waals surface area contributed by atoms with Crippen molar-refractivity contribution in [3.05, 3.63) is 48.0 Å². The van der Waals surface area contributed by atoms with Gasteiger partial charge in [-0.05, 0) is 22.8 Å². The zero-order valence-electron chi connectivity index (χ0n) is 8.29. The number of rotatable bonds is 3. The monoisotopic (exact) mass is 206 g/mol. The summed E-state index contributed by atoms with van der Waals surface area (Å²) in [6.07, 6.45) is -1.82. The van der Waals surface area contributed by atoms with Crippen LogP contribution in [0, 0.1) is 0 Å². The van der Waals surface area contributed by atoms with E-state index in [9.17, 15) is 8.78 Å². The van der Waals surface area contributed by atoms with Gasteiger partial charge in [-0.15, -0.1) is 0 Å². The highest BCUT2D eigenvalue weighted by Crippen LogP contribution is 2.17. The fraction of sp³-hybridized carbons (Fsp3) is 0.231. The average molecular weight is 206 g/mol. The topological polar surface area (TPSA) is 0 Å². The van der Waals surface area contributed by atoms with Gasteiger partial charge in [-0.3, -0.25) is 0 Å². The number of hydrogen-bond donors (Lipinski definition) is 0. The lowest BCUT2D eigenvalue weighted by Gasteiger charge is -2.03. The average Bonchev–Trinajstić information content (AvgIpc) is 2.26. The van der Waals surface area contributed by atoms with Gasteiger partial charge < -0.3 is 0 Å². The van der Waals surface area contributed by atoms with E-state index in [2.05, 4.69) is 0 Å². The Morgan fingerprint density at radius 1 is 0.933 bits per heavy atom. The second kappa shape index (κ2) is 4.39. The molecule has 0 fully saturated rings. The summed E-state index contributed by atoms with van der Waals surface area (Å²) in [7, 11) is 0. The summed E-state index contributed by atoms with van der Waals surface area (Å²) >= 11 is 0. The molecule has 0 N–H and O–H groups in total. The Morgan fingerprint density at radius 3 is 2.40 bits per heavy atom. The minimum absolute atomic E-state index is 0.0572. The molecule has 2 aromatic rings. The summed E-state index contributed by atoms with van der Waals surface area (Å²) in [5.74, 6) is 0. The van der Waals surface area contributed by atoms with E-state index < -0.39 is 6.43 Å². The molecule has 0 amide bonds. The Hall–Kier alpha value is -1.44. The lowest BCUT2D eigenvalue weighted by Crippen LogP contribution is -1.94. The molecule has 0 unspecified atom stereocenters. The van der Waals surface area contributed by atoms with E-state index >= 15 is 0 Å². The molecule has 0 saturated carbocycles. The first-order chi connectivity index (χ1) is 7.25. The number of hydrogen-bond acceptors (Lipinski definition) is 0. The lowest BCUT2D eigenvalue weighted by atomic mass is 10.0. The second-order valence-corrected chi connectivity index (χ2v) is 3.61. The van der Waals surface area contributed by atoms with Crippen LogP contribution in [-0.4, -0.2) is 6.43 Å². The highest BCUT2D eigenvalue weighted by molar-refractivity contribution is 5.82. The van der Waals surface area contributed by atoms with Crippen LogP contribution < -0.4 is 0 Å². The van der Waals surface area contributed by atoms with Gasteiger partial charge in [0.15, 0.2) is 0 Å². The van der Waals surface area contributed by atoms with Crippen LogP contribution in [-0.2, 0) is 6.42 Å². The van der Waals surface area contributed by atoms with Gasteiger partial charge in [0.1, 0.15) is 0 Å². The Kier molecular flexibility index (Phi) is 2.95. The van der Waals surface area contributed by atoms with Crippen molar-refractivity contribution in [1.82, 2.24) is 0 Å². The van der Waals surface area contributed by atoms with Crippen molar-refractivity contribution < 1.29 is 8.78 Å². The molecule has 0 nitrogen and oxygen atoms in total. The predicted octanol–water partition coefficient (Wildman–Crippen LogP) is 4.04. The van der Waals surface area contributed by atoms with Gasteiger partial charge in [-0.2, -0.15) is 0 Å². The van der Waals surface area contributed by atoms with E-state index in [0.717, 1.165) is 16.3 Å². The molecule has 0 bridgehead atoms. The molecule has 78 valence electrons. The van der Waals surface area contributed by atoms with Crippen molar-refractivity contribution in [3.8, 4) is 0 Å². The molecule has 2 aromatic carbocycles. The van der Waals surface area contributed by atoms with Crippen LogP contribution in [0.15, 0.2) is 42.5 Å². The van der Waals surface area contributed by atoms with Gasteiger partial charge in [0, 0.05) is 6.42 Å². The summed E-state index contributed by atoms with van der Waals surface area (Å²) < 4.78 is 24.1. The smallest absolute Gasteiger partial charge is 0.211 e. The second-order valence-electron chi connectivity index (χ2n) is 3.61. The highest BCUT2D eigenvalue weighted by atomic mass is 19.3. The van der Waals surface area contributed by atoms with Crippen molar-refractivity contribution >= 4 is 10.8 Å². The Balaban J connectivity index is 2.23. The largest absolute Gasteiger partial charge is 0.239 e. The number of alkyl halides is 2. The number of halogens is 2. The summed E-state index contributed by atoms with van der Waals surface area (Å²) in [6.45, 7) is 0. The van der Waals surface area contributed by atoms with E-state index in [1.807, 2.05) is 42.5 Å². The third kappa shape index (κ3) is 2.52. The Morgan fingerprint density at radius 2 is 1.67 bits per heavy atom. The Labute approximate surface area is 87.5 Å². The summed E-state index contributed by atoms with van der Waals surface area (Å²) in [5.41, 5.74) is 0.981. The van der Waals surface area contributed by atoms with Gasteiger partial charge in [-0.25, -0.2) is 8.78 Å². The van der Waals surface area contributed by atoms with Crippen LogP contribution in [0.1, 0.15) is 12.0 Å². The fourth-order valence-corrected chi connectivity index (χ4v) is 1.67. The molecule has 2 rings (SSSR count). The number of benzene rings is 2.